The molecule has 0 bridgehead atoms. The van der Waals surface area contributed by atoms with Gasteiger partial charge in [-0.2, -0.15) is 0 Å². The van der Waals surface area contributed by atoms with Crippen LogP contribution in [0.2, 0.25) is 5.15 Å². The van der Waals surface area contributed by atoms with Crippen molar-refractivity contribution in [1.29, 1.82) is 0 Å². The molecule has 0 spiro atoms. The molecule has 0 aliphatic rings. The van der Waals surface area contributed by atoms with E-state index in [1.54, 1.807) is 0 Å². The summed E-state index contributed by atoms with van der Waals surface area (Å²) in [7, 11) is 0. The molecule has 0 radical (unpaired) electrons. The molecule has 2 aromatic rings. The maximum atomic E-state index is 11.0. The van der Waals surface area contributed by atoms with Crippen molar-refractivity contribution in [3.8, 4) is 0 Å². The standard InChI is InChI=1S/C10H10ClN5O2S/c1-5(7-3-19-6(2)15-7)14-10-8(16(17)18)9(11)12-4-13-10/h3-5H,1-2H3,(H,12,13,14). The molecule has 0 aliphatic carbocycles. The zero-order chi connectivity index (χ0) is 14.0. The Hall–Kier alpha value is -1.80. The first kappa shape index (κ1) is 13.6. The molecule has 1 N–H and O–H groups in total. The fourth-order valence-electron chi connectivity index (χ4n) is 1.48. The minimum absolute atomic E-state index is 0.0863. The third kappa shape index (κ3) is 2.96. The number of nitrogens with one attached hydrogen (secondary N) is 1. The zero-order valence-corrected chi connectivity index (χ0v) is 11.7. The van der Waals surface area contributed by atoms with E-state index in [2.05, 4.69) is 20.3 Å². The van der Waals surface area contributed by atoms with Gasteiger partial charge in [-0.3, -0.25) is 10.1 Å². The first-order chi connectivity index (χ1) is 8.99. The van der Waals surface area contributed by atoms with E-state index in [0.717, 1.165) is 10.7 Å². The Bertz CT molecular complexity index is 618. The van der Waals surface area contributed by atoms with E-state index in [1.807, 2.05) is 19.2 Å². The molecule has 0 aromatic carbocycles. The van der Waals surface area contributed by atoms with Gasteiger partial charge in [-0.15, -0.1) is 11.3 Å². The number of aromatic nitrogens is 3. The summed E-state index contributed by atoms with van der Waals surface area (Å²) in [6.07, 6.45) is 1.18. The number of thiazole rings is 1. The summed E-state index contributed by atoms with van der Waals surface area (Å²) in [4.78, 5) is 22.1. The van der Waals surface area contributed by atoms with Crippen molar-refractivity contribution in [2.45, 2.75) is 19.9 Å². The second-order valence-electron chi connectivity index (χ2n) is 3.78. The van der Waals surface area contributed by atoms with E-state index < -0.39 is 4.92 Å². The van der Waals surface area contributed by atoms with Crippen LogP contribution in [0.4, 0.5) is 11.5 Å². The number of rotatable bonds is 4. The Morgan fingerprint density at radius 3 is 2.84 bits per heavy atom. The molecular formula is C10H10ClN5O2S. The van der Waals surface area contributed by atoms with Gasteiger partial charge in [-0.05, 0) is 13.8 Å². The van der Waals surface area contributed by atoms with Crippen molar-refractivity contribution in [2.75, 3.05) is 5.32 Å². The Morgan fingerprint density at radius 1 is 1.53 bits per heavy atom. The van der Waals surface area contributed by atoms with Gasteiger partial charge < -0.3 is 5.32 Å². The average Bonchev–Trinajstić information content (AvgIpc) is 2.75. The summed E-state index contributed by atoms with van der Waals surface area (Å²) >= 11 is 7.22. The molecule has 2 heterocycles. The van der Waals surface area contributed by atoms with Gasteiger partial charge in [0.1, 0.15) is 6.33 Å². The number of hydrogen-bond acceptors (Lipinski definition) is 7. The predicted molar refractivity (Wildman–Crippen MR) is 72.6 cm³/mol. The summed E-state index contributed by atoms with van der Waals surface area (Å²) < 4.78 is 0. The van der Waals surface area contributed by atoms with Crippen LogP contribution in [0, 0.1) is 17.0 Å². The normalized spacial score (nSPS) is 12.2. The molecule has 0 amide bonds. The van der Waals surface area contributed by atoms with Crippen LogP contribution in [0.5, 0.6) is 0 Å². The molecule has 0 fully saturated rings. The molecule has 0 saturated heterocycles. The SMILES string of the molecule is Cc1nc(C(C)Nc2ncnc(Cl)c2[N+](=O)[O-])cs1. The molecule has 1 unspecified atom stereocenters. The second kappa shape index (κ2) is 5.45. The summed E-state index contributed by atoms with van der Waals surface area (Å²) in [5.74, 6) is 0.0863. The fraction of sp³-hybridized carbons (Fsp3) is 0.300. The maximum Gasteiger partial charge on any atom is 0.348 e. The van der Waals surface area contributed by atoms with E-state index >= 15 is 0 Å². The van der Waals surface area contributed by atoms with Gasteiger partial charge in [0.25, 0.3) is 0 Å². The third-order valence-electron chi connectivity index (χ3n) is 2.39. The predicted octanol–water partition coefficient (Wildman–Crippen LogP) is 2.98. The lowest BCUT2D eigenvalue weighted by atomic mass is 10.2. The highest BCUT2D eigenvalue weighted by Gasteiger charge is 2.23. The van der Waals surface area contributed by atoms with Gasteiger partial charge in [0.15, 0.2) is 0 Å². The van der Waals surface area contributed by atoms with Gasteiger partial charge in [0.05, 0.1) is 21.7 Å². The van der Waals surface area contributed by atoms with E-state index in [4.69, 9.17) is 11.6 Å². The smallest absolute Gasteiger partial charge is 0.348 e. The summed E-state index contributed by atoms with van der Waals surface area (Å²) in [5.41, 5.74) is 0.467. The molecule has 0 aliphatic heterocycles. The lowest BCUT2D eigenvalue weighted by Gasteiger charge is -2.12. The highest BCUT2D eigenvalue weighted by atomic mass is 35.5. The molecule has 19 heavy (non-hydrogen) atoms. The number of nitro groups is 1. The van der Waals surface area contributed by atoms with Crippen LogP contribution in [0.3, 0.4) is 0 Å². The fourth-order valence-corrected chi connectivity index (χ4v) is 2.39. The number of hydrogen-bond donors (Lipinski definition) is 1. The quantitative estimate of drug-likeness (QED) is 0.530. The Morgan fingerprint density at radius 2 is 2.26 bits per heavy atom. The summed E-state index contributed by atoms with van der Waals surface area (Å²) in [6, 6.07) is -0.213. The minimum atomic E-state index is -0.607. The molecule has 100 valence electrons. The summed E-state index contributed by atoms with van der Waals surface area (Å²) in [6.45, 7) is 3.74. The van der Waals surface area contributed by atoms with Crippen LogP contribution >= 0.6 is 22.9 Å². The Kier molecular flexibility index (Phi) is 3.91. The lowest BCUT2D eigenvalue weighted by molar-refractivity contribution is -0.384. The van der Waals surface area contributed by atoms with Crippen molar-refractivity contribution in [3.05, 3.63) is 37.7 Å². The van der Waals surface area contributed by atoms with Crippen LogP contribution in [0.1, 0.15) is 23.7 Å². The number of halogens is 1. The van der Waals surface area contributed by atoms with Crippen molar-refractivity contribution in [3.63, 3.8) is 0 Å². The van der Waals surface area contributed by atoms with Crippen LogP contribution < -0.4 is 5.32 Å². The van der Waals surface area contributed by atoms with E-state index in [9.17, 15) is 10.1 Å². The van der Waals surface area contributed by atoms with Crippen LogP contribution in [-0.4, -0.2) is 19.9 Å². The Balaban J connectivity index is 2.28. The topological polar surface area (TPSA) is 93.8 Å². The molecule has 2 rings (SSSR count). The van der Waals surface area contributed by atoms with E-state index in [1.165, 1.54) is 17.7 Å². The average molecular weight is 300 g/mol. The van der Waals surface area contributed by atoms with E-state index in [0.29, 0.717) is 0 Å². The minimum Gasteiger partial charge on any atom is -0.356 e. The molecule has 0 saturated carbocycles. The molecule has 1 atom stereocenters. The molecular weight excluding hydrogens is 290 g/mol. The lowest BCUT2D eigenvalue weighted by Crippen LogP contribution is -2.11. The van der Waals surface area contributed by atoms with Crippen LogP contribution in [0.15, 0.2) is 11.7 Å². The maximum absolute atomic E-state index is 11.0. The Labute approximate surface area is 117 Å². The number of aryl methyl sites for hydroxylation is 1. The van der Waals surface area contributed by atoms with Crippen molar-refractivity contribution < 1.29 is 4.92 Å². The van der Waals surface area contributed by atoms with Crippen LogP contribution in [0.25, 0.3) is 0 Å². The highest BCUT2D eigenvalue weighted by molar-refractivity contribution is 7.09. The van der Waals surface area contributed by atoms with Crippen LogP contribution in [-0.2, 0) is 0 Å². The van der Waals surface area contributed by atoms with Gasteiger partial charge in [0.2, 0.25) is 11.0 Å². The molecule has 2 aromatic heterocycles. The van der Waals surface area contributed by atoms with Gasteiger partial charge >= 0.3 is 5.69 Å². The number of anilines is 1. The van der Waals surface area contributed by atoms with Gasteiger partial charge in [0, 0.05) is 5.38 Å². The third-order valence-corrected chi connectivity index (χ3v) is 3.46. The van der Waals surface area contributed by atoms with Gasteiger partial charge in [-0.25, -0.2) is 15.0 Å². The monoisotopic (exact) mass is 299 g/mol. The first-order valence-electron chi connectivity index (χ1n) is 5.32. The molecule has 9 heteroatoms. The van der Waals surface area contributed by atoms with Crippen molar-refractivity contribution >= 4 is 34.4 Å². The summed E-state index contributed by atoms with van der Waals surface area (Å²) in [5, 5.41) is 16.5. The van der Waals surface area contributed by atoms with Crippen molar-refractivity contribution in [2.24, 2.45) is 0 Å². The molecule has 7 nitrogen and oxygen atoms in total. The highest BCUT2D eigenvalue weighted by Crippen LogP contribution is 2.31. The number of nitrogens with zero attached hydrogens (tertiary/aromatic N) is 4. The van der Waals surface area contributed by atoms with E-state index in [-0.39, 0.29) is 22.7 Å². The largest absolute Gasteiger partial charge is 0.356 e. The zero-order valence-electron chi connectivity index (χ0n) is 10.1. The second-order valence-corrected chi connectivity index (χ2v) is 5.20. The first-order valence-corrected chi connectivity index (χ1v) is 6.58. The van der Waals surface area contributed by atoms with Crippen molar-refractivity contribution in [1.82, 2.24) is 15.0 Å². The van der Waals surface area contributed by atoms with Gasteiger partial charge in [-0.1, -0.05) is 11.6 Å².